The van der Waals surface area contributed by atoms with E-state index in [1.54, 1.807) is 6.20 Å². The minimum atomic E-state index is -1.28. The predicted molar refractivity (Wildman–Crippen MR) is 74.2 cm³/mol. The summed E-state index contributed by atoms with van der Waals surface area (Å²) in [6.07, 6.45) is 1.67. The molecule has 1 heterocycles. The Labute approximate surface area is 122 Å². The molecule has 0 fully saturated rings. The van der Waals surface area contributed by atoms with Crippen LogP contribution in [0, 0.1) is 12.7 Å². The van der Waals surface area contributed by atoms with Crippen LogP contribution in [-0.2, 0) is 0 Å². The highest BCUT2D eigenvalue weighted by molar-refractivity contribution is 9.10. The second-order valence-electron chi connectivity index (χ2n) is 3.80. The molecule has 1 N–H and O–H groups in total. The molecular formula is C13H9BrFNO2S. The number of hydrogen-bond acceptors (Lipinski definition) is 3. The van der Waals surface area contributed by atoms with E-state index in [2.05, 4.69) is 20.9 Å². The fourth-order valence-corrected chi connectivity index (χ4v) is 2.81. The number of carboxylic acid groups (broad SMARTS) is 1. The van der Waals surface area contributed by atoms with E-state index in [4.69, 9.17) is 5.11 Å². The van der Waals surface area contributed by atoms with E-state index >= 15 is 0 Å². The molecule has 0 saturated heterocycles. The summed E-state index contributed by atoms with van der Waals surface area (Å²) < 4.78 is 14.1. The lowest BCUT2D eigenvalue weighted by Gasteiger charge is -2.06. The van der Waals surface area contributed by atoms with Crippen molar-refractivity contribution in [3.8, 4) is 0 Å². The van der Waals surface area contributed by atoms with E-state index in [0.717, 1.165) is 16.1 Å². The highest BCUT2D eigenvalue weighted by atomic mass is 79.9. The van der Waals surface area contributed by atoms with Gasteiger partial charge in [0, 0.05) is 11.1 Å². The number of pyridine rings is 1. The lowest BCUT2D eigenvalue weighted by molar-refractivity contribution is 0.0691. The van der Waals surface area contributed by atoms with Gasteiger partial charge in [-0.1, -0.05) is 11.8 Å². The molecule has 0 aliphatic carbocycles. The number of halogens is 2. The van der Waals surface area contributed by atoms with Crippen molar-refractivity contribution in [2.24, 2.45) is 0 Å². The van der Waals surface area contributed by atoms with E-state index in [1.807, 2.05) is 13.0 Å². The van der Waals surface area contributed by atoms with Crippen molar-refractivity contribution in [2.75, 3.05) is 0 Å². The van der Waals surface area contributed by atoms with Gasteiger partial charge in [0.05, 0.1) is 10.0 Å². The molecule has 19 heavy (non-hydrogen) atoms. The Bertz CT molecular complexity index is 649. The molecule has 98 valence electrons. The molecule has 0 bridgehead atoms. The van der Waals surface area contributed by atoms with Crippen LogP contribution in [0.5, 0.6) is 0 Å². The molecule has 1 aromatic heterocycles. The maximum atomic E-state index is 13.3. The summed E-state index contributed by atoms with van der Waals surface area (Å²) in [5.74, 6) is -2.02. The highest BCUT2D eigenvalue weighted by Crippen LogP contribution is 2.33. The maximum absolute atomic E-state index is 13.3. The number of benzene rings is 1. The first kappa shape index (κ1) is 14.0. The molecule has 0 aliphatic rings. The van der Waals surface area contributed by atoms with Crippen LogP contribution in [0.4, 0.5) is 4.39 Å². The first-order valence-electron chi connectivity index (χ1n) is 5.31. The molecule has 0 amide bonds. The SMILES string of the molecule is Cc1ccnc(Sc2ccc(F)c(C(=O)O)c2)c1Br. The zero-order chi connectivity index (χ0) is 14.0. The normalized spacial score (nSPS) is 10.5. The quantitative estimate of drug-likeness (QED) is 0.911. The van der Waals surface area contributed by atoms with Crippen molar-refractivity contribution in [2.45, 2.75) is 16.8 Å². The first-order valence-corrected chi connectivity index (χ1v) is 6.92. The van der Waals surface area contributed by atoms with Crippen LogP contribution < -0.4 is 0 Å². The topological polar surface area (TPSA) is 50.2 Å². The van der Waals surface area contributed by atoms with E-state index < -0.39 is 11.8 Å². The van der Waals surface area contributed by atoms with Crippen LogP contribution in [0.15, 0.2) is 44.9 Å². The molecule has 0 unspecified atom stereocenters. The number of aryl methyl sites for hydroxylation is 1. The molecule has 6 heteroatoms. The van der Waals surface area contributed by atoms with Gasteiger partial charge >= 0.3 is 5.97 Å². The average Bonchev–Trinajstić information content (AvgIpc) is 2.37. The second-order valence-corrected chi connectivity index (χ2v) is 5.65. The van der Waals surface area contributed by atoms with Crippen molar-refractivity contribution >= 4 is 33.7 Å². The average molecular weight is 342 g/mol. The molecule has 0 atom stereocenters. The number of aromatic nitrogens is 1. The zero-order valence-corrected chi connectivity index (χ0v) is 12.3. The molecule has 0 saturated carbocycles. The zero-order valence-electron chi connectivity index (χ0n) is 9.85. The Hall–Kier alpha value is -1.40. The Morgan fingerprint density at radius 2 is 2.16 bits per heavy atom. The molecule has 0 spiro atoms. The van der Waals surface area contributed by atoms with Gasteiger partial charge in [-0.2, -0.15) is 0 Å². The second kappa shape index (κ2) is 5.71. The van der Waals surface area contributed by atoms with Crippen LogP contribution in [0.25, 0.3) is 0 Å². The minimum absolute atomic E-state index is 0.339. The van der Waals surface area contributed by atoms with E-state index in [0.29, 0.717) is 9.92 Å². The largest absolute Gasteiger partial charge is 0.478 e. The van der Waals surface area contributed by atoms with Crippen molar-refractivity contribution in [1.29, 1.82) is 0 Å². The molecular weight excluding hydrogens is 333 g/mol. The number of carbonyl (C=O) groups is 1. The molecule has 1 aromatic carbocycles. The number of aromatic carboxylic acids is 1. The Morgan fingerprint density at radius 3 is 2.84 bits per heavy atom. The lowest BCUT2D eigenvalue weighted by Crippen LogP contribution is -2.00. The summed E-state index contributed by atoms with van der Waals surface area (Å²) in [5.41, 5.74) is 0.687. The molecule has 0 radical (unpaired) electrons. The van der Waals surface area contributed by atoms with Crippen LogP contribution in [0.3, 0.4) is 0 Å². The summed E-state index contributed by atoms with van der Waals surface area (Å²) in [6, 6.07) is 5.85. The van der Waals surface area contributed by atoms with Gasteiger partial charge < -0.3 is 5.11 Å². The van der Waals surface area contributed by atoms with Gasteiger partial charge in [-0.3, -0.25) is 0 Å². The predicted octanol–water partition coefficient (Wildman–Crippen LogP) is 4.14. The van der Waals surface area contributed by atoms with Gasteiger partial charge in [0.2, 0.25) is 0 Å². The lowest BCUT2D eigenvalue weighted by atomic mass is 10.2. The third-order valence-electron chi connectivity index (χ3n) is 2.43. The third-order valence-corrected chi connectivity index (χ3v) is 4.69. The van der Waals surface area contributed by atoms with Crippen LogP contribution >= 0.6 is 27.7 Å². The van der Waals surface area contributed by atoms with Gasteiger partial charge in [-0.15, -0.1) is 0 Å². The molecule has 0 aliphatic heterocycles. The number of rotatable bonds is 3. The minimum Gasteiger partial charge on any atom is -0.478 e. The molecule has 2 aromatic rings. The summed E-state index contributed by atoms with van der Waals surface area (Å²) in [7, 11) is 0. The summed E-state index contributed by atoms with van der Waals surface area (Å²) in [6.45, 7) is 1.93. The van der Waals surface area contributed by atoms with Gasteiger partial charge in [0.15, 0.2) is 0 Å². The standard InChI is InChI=1S/C13H9BrFNO2S/c1-7-4-5-16-12(11(7)14)19-8-2-3-10(15)9(6-8)13(17)18/h2-6H,1H3,(H,17,18). The smallest absolute Gasteiger partial charge is 0.338 e. The monoisotopic (exact) mass is 341 g/mol. The van der Waals surface area contributed by atoms with Crippen LogP contribution in [0.2, 0.25) is 0 Å². The number of nitrogens with zero attached hydrogens (tertiary/aromatic N) is 1. The highest BCUT2D eigenvalue weighted by Gasteiger charge is 2.13. The van der Waals surface area contributed by atoms with Crippen molar-refractivity contribution in [3.05, 3.63) is 51.9 Å². The van der Waals surface area contributed by atoms with Crippen molar-refractivity contribution < 1.29 is 14.3 Å². The Morgan fingerprint density at radius 1 is 1.42 bits per heavy atom. The maximum Gasteiger partial charge on any atom is 0.338 e. The van der Waals surface area contributed by atoms with Crippen LogP contribution in [-0.4, -0.2) is 16.1 Å². The summed E-state index contributed by atoms with van der Waals surface area (Å²) in [5, 5.41) is 9.59. The Balaban J connectivity index is 2.36. The number of hydrogen-bond donors (Lipinski definition) is 1. The first-order chi connectivity index (χ1) is 8.99. The number of carboxylic acids is 1. The fourth-order valence-electron chi connectivity index (χ4n) is 1.43. The van der Waals surface area contributed by atoms with Gasteiger partial charge in [0.1, 0.15) is 10.8 Å². The van der Waals surface area contributed by atoms with Crippen molar-refractivity contribution in [3.63, 3.8) is 0 Å². The Kier molecular flexibility index (Phi) is 4.21. The van der Waals surface area contributed by atoms with Crippen molar-refractivity contribution in [1.82, 2.24) is 4.98 Å². The van der Waals surface area contributed by atoms with Crippen LogP contribution in [0.1, 0.15) is 15.9 Å². The van der Waals surface area contributed by atoms with E-state index in [9.17, 15) is 9.18 Å². The molecule has 2 rings (SSSR count). The fraction of sp³-hybridized carbons (Fsp3) is 0.0769. The van der Waals surface area contributed by atoms with Gasteiger partial charge in [0.25, 0.3) is 0 Å². The molecule has 3 nitrogen and oxygen atoms in total. The summed E-state index contributed by atoms with van der Waals surface area (Å²) in [4.78, 5) is 15.7. The van der Waals surface area contributed by atoms with Gasteiger partial charge in [-0.25, -0.2) is 14.2 Å². The van der Waals surface area contributed by atoms with Gasteiger partial charge in [-0.05, 0) is 52.7 Å². The van der Waals surface area contributed by atoms with E-state index in [1.165, 1.54) is 23.9 Å². The third kappa shape index (κ3) is 3.13. The summed E-state index contributed by atoms with van der Waals surface area (Å²) >= 11 is 4.71. The van der Waals surface area contributed by atoms with E-state index in [-0.39, 0.29) is 5.56 Å².